The van der Waals surface area contributed by atoms with Gasteiger partial charge in [0, 0.05) is 5.56 Å². The molecule has 0 aromatic heterocycles. The van der Waals surface area contributed by atoms with E-state index in [-0.39, 0.29) is 5.56 Å². The third-order valence-electron chi connectivity index (χ3n) is 4.46. The Morgan fingerprint density at radius 1 is 0.781 bits per heavy atom. The summed E-state index contributed by atoms with van der Waals surface area (Å²) in [5, 5.41) is 10.1. The van der Waals surface area contributed by atoms with Crippen molar-refractivity contribution in [1.29, 1.82) is 0 Å². The number of Topliss-reactive ketones (excluding diaryl/α,β-unsaturated/α-hetero) is 1. The van der Waals surface area contributed by atoms with E-state index in [9.17, 15) is 67.0 Å². The lowest BCUT2D eigenvalue weighted by Crippen LogP contribution is -2.70. The molecule has 0 bridgehead atoms. The zero-order valence-corrected chi connectivity index (χ0v) is 15.8. The van der Waals surface area contributed by atoms with E-state index >= 15 is 0 Å². The molecule has 0 spiro atoms. The molecule has 1 unspecified atom stereocenters. The van der Waals surface area contributed by atoms with Crippen molar-refractivity contribution >= 4 is 5.78 Å². The van der Waals surface area contributed by atoms with Crippen molar-refractivity contribution in [2.45, 2.75) is 61.7 Å². The fourth-order valence-corrected chi connectivity index (χ4v) is 2.52. The van der Waals surface area contributed by atoms with Gasteiger partial charge in [0.2, 0.25) is 0 Å². The first-order chi connectivity index (χ1) is 13.9. The smallest absolute Gasteiger partial charge is 0.385 e. The quantitative estimate of drug-likeness (QED) is 0.343. The molecule has 2 nitrogen and oxygen atoms in total. The highest BCUT2D eigenvalue weighted by Gasteiger charge is 2.90. The molecule has 1 aromatic carbocycles. The van der Waals surface area contributed by atoms with Crippen LogP contribution in [0.4, 0.5) is 57.1 Å². The third-order valence-corrected chi connectivity index (χ3v) is 4.46. The number of carbonyl (C=O) groups is 1. The van der Waals surface area contributed by atoms with Crippen LogP contribution in [0.5, 0.6) is 0 Å². The van der Waals surface area contributed by atoms with E-state index in [4.69, 9.17) is 0 Å². The standard InChI is InChI=1S/C17H13F13O2/c1-8(31)9-4-3-5-10(6-9)11(2,32)7-12(18,19)13(20,21)14(22,23)15(24,25)16(26,27)17(28,29)30/h3-6,32H,7H2,1-2H3. The Labute approximate surface area is 171 Å². The zero-order valence-electron chi connectivity index (χ0n) is 15.8. The lowest BCUT2D eigenvalue weighted by molar-refractivity contribution is -0.441. The highest BCUT2D eigenvalue weighted by atomic mass is 19.4. The van der Waals surface area contributed by atoms with Crippen LogP contribution in [0.2, 0.25) is 0 Å². The highest BCUT2D eigenvalue weighted by Crippen LogP contribution is 2.61. The second-order valence-electron chi connectivity index (χ2n) is 7.09. The van der Waals surface area contributed by atoms with Crippen molar-refractivity contribution in [2.24, 2.45) is 0 Å². The summed E-state index contributed by atoms with van der Waals surface area (Å²) in [4.78, 5) is 11.3. The summed E-state index contributed by atoms with van der Waals surface area (Å²) < 4.78 is 171. The van der Waals surface area contributed by atoms with Crippen molar-refractivity contribution < 1.29 is 67.0 Å². The number of benzene rings is 1. The van der Waals surface area contributed by atoms with Crippen LogP contribution < -0.4 is 0 Å². The Hall–Kier alpha value is -2.06. The van der Waals surface area contributed by atoms with Crippen LogP contribution in [-0.2, 0) is 5.60 Å². The van der Waals surface area contributed by atoms with Gasteiger partial charge in [-0.1, -0.05) is 18.2 Å². The number of ketones is 1. The van der Waals surface area contributed by atoms with Gasteiger partial charge in [-0.05, 0) is 25.5 Å². The Kier molecular flexibility index (Phi) is 6.79. The van der Waals surface area contributed by atoms with Crippen molar-refractivity contribution in [1.82, 2.24) is 0 Å². The molecule has 1 N–H and O–H groups in total. The van der Waals surface area contributed by atoms with Gasteiger partial charge < -0.3 is 5.11 Å². The van der Waals surface area contributed by atoms with Crippen LogP contribution >= 0.6 is 0 Å². The summed E-state index contributed by atoms with van der Waals surface area (Å²) >= 11 is 0. The summed E-state index contributed by atoms with van der Waals surface area (Å²) in [5.74, 6) is -38.4. The first-order valence-electron chi connectivity index (χ1n) is 8.16. The maximum atomic E-state index is 14.0. The Morgan fingerprint density at radius 3 is 1.62 bits per heavy atom. The molecule has 0 radical (unpaired) electrons. The van der Waals surface area contributed by atoms with Crippen molar-refractivity contribution in [2.75, 3.05) is 0 Å². The van der Waals surface area contributed by atoms with E-state index in [2.05, 4.69) is 0 Å². The molecule has 0 aliphatic heterocycles. The van der Waals surface area contributed by atoms with Gasteiger partial charge in [0.1, 0.15) is 0 Å². The Balaban J connectivity index is 3.48. The van der Waals surface area contributed by atoms with Crippen LogP contribution in [0, 0.1) is 0 Å². The van der Waals surface area contributed by atoms with Gasteiger partial charge >= 0.3 is 35.8 Å². The van der Waals surface area contributed by atoms with E-state index in [0.29, 0.717) is 13.0 Å². The van der Waals surface area contributed by atoms with Gasteiger partial charge in [-0.25, -0.2) is 0 Å². The normalized spacial score (nSPS) is 16.6. The van der Waals surface area contributed by atoms with E-state index in [1.54, 1.807) is 0 Å². The number of halogens is 13. The molecule has 0 fully saturated rings. The van der Waals surface area contributed by atoms with Crippen molar-refractivity contribution in [3.05, 3.63) is 35.4 Å². The number of alkyl halides is 13. The minimum absolute atomic E-state index is 0.278. The Morgan fingerprint density at radius 2 is 1.22 bits per heavy atom. The average Bonchev–Trinajstić information content (AvgIpc) is 2.59. The molecule has 15 heteroatoms. The topological polar surface area (TPSA) is 37.3 Å². The van der Waals surface area contributed by atoms with Gasteiger partial charge in [-0.15, -0.1) is 0 Å². The number of hydrogen-bond donors (Lipinski definition) is 1. The van der Waals surface area contributed by atoms with E-state index < -0.39 is 59.2 Å². The van der Waals surface area contributed by atoms with Crippen LogP contribution in [0.1, 0.15) is 36.2 Å². The molecule has 1 atom stereocenters. The summed E-state index contributed by atoms with van der Waals surface area (Å²) in [6.07, 6.45) is -10.3. The van der Waals surface area contributed by atoms with Gasteiger partial charge in [0.05, 0.1) is 12.0 Å². The summed E-state index contributed by atoms with van der Waals surface area (Å²) in [6.45, 7) is 1.27. The molecule has 32 heavy (non-hydrogen) atoms. The van der Waals surface area contributed by atoms with E-state index in [1.165, 1.54) is 0 Å². The summed E-state index contributed by atoms with van der Waals surface area (Å²) in [6, 6.07) is 3.44. The maximum absolute atomic E-state index is 14.0. The maximum Gasteiger partial charge on any atom is 0.460 e. The largest absolute Gasteiger partial charge is 0.460 e. The second-order valence-corrected chi connectivity index (χ2v) is 7.09. The minimum atomic E-state index is -8.01. The van der Waals surface area contributed by atoms with Crippen LogP contribution in [0.25, 0.3) is 0 Å². The van der Waals surface area contributed by atoms with Gasteiger partial charge in [0.25, 0.3) is 0 Å². The lowest BCUT2D eigenvalue weighted by Gasteiger charge is -2.41. The van der Waals surface area contributed by atoms with Crippen LogP contribution in [-0.4, -0.2) is 46.7 Å². The molecular formula is C17H13F13O2. The fraction of sp³-hybridized carbons (Fsp3) is 0.588. The van der Waals surface area contributed by atoms with Crippen molar-refractivity contribution in [3.63, 3.8) is 0 Å². The van der Waals surface area contributed by atoms with E-state index in [1.807, 2.05) is 0 Å². The lowest BCUT2D eigenvalue weighted by atomic mass is 9.84. The number of rotatable bonds is 8. The summed E-state index contributed by atoms with van der Waals surface area (Å²) in [5.41, 5.74) is -4.30. The minimum Gasteiger partial charge on any atom is -0.385 e. The van der Waals surface area contributed by atoms with Gasteiger partial charge in [-0.3, -0.25) is 4.79 Å². The molecule has 1 rings (SSSR count). The Bertz CT molecular complexity index is 856. The van der Waals surface area contributed by atoms with E-state index in [0.717, 1.165) is 25.1 Å². The van der Waals surface area contributed by atoms with Crippen LogP contribution in [0.3, 0.4) is 0 Å². The molecule has 0 saturated carbocycles. The van der Waals surface area contributed by atoms with Gasteiger partial charge in [-0.2, -0.15) is 57.1 Å². The zero-order chi connectivity index (χ0) is 25.8. The van der Waals surface area contributed by atoms with Crippen LogP contribution in [0.15, 0.2) is 24.3 Å². The second kappa shape index (κ2) is 7.76. The first-order valence-corrected chi connectivity index (χ1v) is 8.16. The molecule has 0 saturated heterocycles. The number of aliphatic hydroxyl groups is 1. The molecular weight excluding hydrogens is 483 g/mol. The molecule has 0 aliphatic carbocycles. The third kappa shape index (κ3) is 4.27. The van der Waals surface area contributed by atoms with Crippen molar-refractivity contribution in [3.8, 4) is 0 Å². The monoisotopic (exact) mass is 496 g/mol. The highest BCUT2D eigenvalue weighted by molar-refractivity contribution is 5.94. The summed E-state index contributed by atoms with van der Waals surface area (Å²) in [7, 11) is 0. The van der Waals surface area contributed by atoms with Gasteiger partial charge in [0.15, 0.2) is 5.78 Å². The molecule has 0 heterocycles. The predicted molar refractivity (Wildman–Crippen MR) is 81.4 cm³/mol. The first kappa shape index (κ1) is 28.0. The molecule has 0 amide bonds. The SMILES string of the molecule is CC(=O)c1cccc(C(C)(O)CC(F)(F)C(F)(F)C(F)(F)C(F)(F)C(F)(F)C(F)(F)F)c1. The average molecular weight is 496 g/mol. The predicted octanol–water partition coefficient (Wildman–Crippen LogP) is 6.23. The molecule has 0 aliphatic rings. The molecule has 184 valence electrons. The molecule has 1 aromatic rings. The number of carbonyl (C=O) groups excluding carboxylic acids is 1. The fourth-order valence-electron chi connectivity index (χ4n) is 2.52. The number of hydrogen-bond acceptors (Lipinski definition) is 2.